The van der Waals surface area contributed by atoms with E-state index < -0.39 is 6.67 Å². The molecule has 0 aromatic heterocycles. The summed E-state index contributed by atoms with van der Waals surface area (Å²) in [6, 6.07) is 6.47. The van der Waals surface area contributed by atoms with Crippen LogP contribution in [0, 0.1) is 0 Å². The monoisotopic (exact) mass is 287 g/mol. The maximum atomic E-state index is 12.1. The molecule has 1 aliphatic carbocycles. The second-order valence-corrected chi connectivity index (χ2v) is 4.86. The van der Waals surface area contributed by atoms with E-state index in [2.05, 4.69) is 21.2 Å². The van der Waals surface area contributed by atoms with Gasteiger partial charge in [-0.2, -0.15) is 0 Å². The van der Waals surface area contributed by atoms with Gasteiger partial charge in [0.15, 0.2) is 0 Å². The van der Waals surface area contributed by atoms with Crippen LogP contribution in [0.3, 0.4) is 0 Å². The lowest BCUT2D eigenvalue weighted by molar-refractivity contribution is 0.270. The van der Waals surface area contributed by atoms with E-state index in [0.29, 0.717) is 6.04 Å². The quantitative estimate of drug-likeness (QED) is 0.868. The van der Waals surface area contributed by atoms with Gasteiger partial charge in [-0.15, -0.1) is 0 Å². The van der Waals surface area contributed by atoms with Gasteiger partial charge in [0.2, 0.25) is 0 Å². The lowest BCUT2D eigenvalue weighted by atomic mass is 10.2. The summed E-state index contributed by atoms with van der Waals surface area (Å²) in [5.41, 5.74) is 1.08. The number of hydrogen-bond acceptors (Lipinski definition) is 2. The minimum atomic E-state index is -0.453. The molecule has 0 aliphatic heterocycles. The molecule has 0 bridgehead atoms. The summed E-state index contributed by atoms with van der Waals surface area (Å²) < 4.78 is 18.4. The van der Waals surface area contributed by atoms with Crippen molar-refractivity contribution in [3.63, 3.8) is 0 Å². The SMILES string of the molecule is FCCOc1ccc(Br)cc1CNC1CC1. The Labute approximate surface area is 103 Å². The molecule has 0 heterocycles. The van der Waals surface area contributed by atoms with Gasteiger partial charge < -0.3 is 10.1 Å². The molecule has 0 spiro atoms. The second-order valence-electron chi connectivity index (χ2n) is 3.94. The number of benzene rings is 1. The van der Waals surface area contributed by atoms with Gasteiger partial charge in [-0.3, -0.25) is 0 Å². The molecular weight excluding hydrogens is 273 g/mol. The second kappa shape index (κ2) is 5.64. The first-order chi connectivity index (χ1) is 7.79. The first-order valence-electron chi connectivity index (χ1n) is 5.50. The Morgan fingerprint density at radius 1 is 1.44 bits per heavy atom. The highest BCUT2D eigenvalue weighted by Gasteiger charge is 2.20. The van der Waals surface area contributed by atoms with Crippen molar-refractivity contribution in [3.05, 3.63) is 28.2 Å². The average molecular weight is 288 g/mol. The van der Waals surface area contributed by atoms with E-state index in [1.54, 1.807) is 0 Å². The van der Waals surface area contributed by atoms with Gasteiger partial charge in [0.05, 0.1) is 0 Å². The fraction of sp³-hybridized carbons (Fsp3) is 0.500. The van der Waals surface area contributed by atoms with Gasteiger partial charge >= 0.3 is 0 Å². The highest BCUT2D eigenvalue weighted by Crippen LogP contribution is 2.25. The third-order valence-corrected chi connectivity index (χ3v) is 3.01. The van der Waals surface area contributed by atoms with E-state index in [1.807, 2.05) is 18.2 Å². The highest BCUT2D eigenvalue weighted by molar-refractivity contribution is 9.10. The smallest absolute Gasteiger partial charge is 0.123 e. The van der Waals surface area contributed by atoms with Gasteiger partial charge in [0, 0.05) is 22.6 Å². The van der Waals surface area contributed by atoms with Crippen LogP contribution in [0.2, 0.25) is 0 Å². The van der Waals surface area contributed by atoms with E-state index in [4.69, 9.17) is 4.74 Å². The van der Waals surface area contributed by atoms with Crippen LogP contribution in [0.1, 0.15) is 18.4 Å². The molecule has 0 radical (unpaired) electrons. The predicted molar refractivity (Wildman–Crippen MR) is 65.5 cm³/mol. The topological polar surface area (TPSA) is 21.3 Å². The Morgan fingerprint density at radius 2 is 2.25 bits per heavy atom. The Balaban J connectivity index is 2.01. The molecule has 1 aliphatic rings. The van der Waals surface area contributed by atoms with Crippen molar-refractivity contribution in [3.8, 4) is 5.75 Å². The molecule has 1 aromatic carbocycles. The van der Waals surface area contributed by atoms with Crippen LogP contribution in [-0.2, 0) is 6.54 Å². The normalized spacial score (nSPS) is 15.1. The Morgan fingerprint density at radius 3 is 2.94 bits per heavy atom. The van der Waals surface area contributed by atoms with E-state index >= 15 is 0 Å². The summed E-state index contributed by atoms with van der Waals surface area (Å²) in [5, 5.41) is 3.42. The molecule has 1 aromatic rings. The van der Waals surface area contributed by atoms with Crippen LogP contribution in [0.15, 0.2) is 22.7 Å². The Bertz CT molecular complexity index is 355. The van der Waals surface area contributed by atoms with Crippen LogP contribution in [-0.4, -0.2) is 19.3 Å². The van der Waals surface area contributed by atoms with Crippen molar-refractivity contribution >= 4 is 15.9 Å². The zero-order valence-corrected chi connectivity index (χ0v) is 10.6. The first kappa shape index (κ1) is 11.9. The lowest BCUT2D eigenvalue weighted by Crippen LogP contribution is -2.16. The molecule has 16 heavy (non-hydrogen) atoms. The van der Waals surface area contributed by atoms with Crippen LogP contribution in [0.4, 0.5) is 4.39 Å². The molecule has 4 heteroatoms. The summed E-state index contributed by atoms with van der Waals surface area (Å²) >= 11 is 3.43. The van der Waals surface area contributed by atoms with Gasteiger partial charge in [-0.25, -0.2) is 4.39 Å². The number of ether oxygens (including phenoxy) is 1. The zero-order valence-electron chi connectivity index (χ0n) is 9.01. The van der Waals surface area contributed by atoms with Crippen molar-refractivity contribution in [2.75, 3.05) is 13.3 Å². The summed E-state index contributed by atoms with van der Waals surface area (Å²) in [6.45, 7) is 0.454. The molecule has 2 nitrogen and oxygen atoms in total. The van der Waals surface area contributed by atoms with Crippen LogP contribution < -0.4 is 10.1 Å². The van der Waals surface area contributed by atoms with Gasteiger partial charge in [-0.1, -0.05) is 15.9 Å². The minimum Gasteiger partial charge on any atom is -0.491 e. The standard InChI is InChI=1S/C12H15BrFNO/c13-10-1-4-12(16-6-5-14)9(7-10)8-15-11-2-3-11/h1,4,7,11,15H,2-3,5-6,8H2. The number of nitrogens with one attached hydrogen (secondary N) is 1. The van der Waals surface area contributed by atoms with Crippen LogP contribution in [0.5, 0.6) is 5.75 Å². The summed E-state index contributed by atoms with van der Waals surface area (Å²) in [5.74, 6) is 0.772. The first-order valence-corrected chi connectivity index (χ1v) is 6.29. The van der Waals surface area contributed by atoms with Crippen LogP contribution in [0.25, 0.3) is 0 Å². The third-order valence-electron chi connectivity index (χ3n) is 2.52. The fourth-order valence-corrected chi connectivity index (χ4v) is 1.93. The largest absolute Gasteiger partial charge is 0.491 e. The Kier molecular flexibility index (Phi) is 4.18. The maximum Gasteiger partial charge on any atom is 0.123 e. The molecule has 0 saturated heterocycles. The molecule has 0 atom stereocenters. The molecule has 1 saturated carbocycles. The van der Waals surface area contributed by atoms with Crippen molar-refractivity contribution in [2.45, 2.75) is 25.4 Å². The van der Waals surface area contributed by atoms with Gasteiger partial charge in [0.1, 0.15) is 19.0 Å². The molecule has 1 N–H and O–H groups in total. The van der Waals surface area contributed by atoms with Crippen molar-refractivity contribution in [1.82, 2.24) is 5.32 Å². The predicted octanol–water partition coefficient (Wildman–Crippen LogP) is 3.05. The molecular formula is C12H15BrFNO. The van der Waals surface area contributed by atoms with Crippen molar-refractivity contribution in [1.29, 1.82) is 0 Å². The van der Waals surface area contributed by atoms with E-state index in [1.165, 1.54) is 12.8 Å². The lowest BCUT2D eigenvalue weighted by Gasteiger charge is -2.11. The average Bonchev–Trinajstić information content (AvgIpc) is 3.09. The fourth-order valence-electron chi connectivity index (χ4n) is 1.52. The van der Waals surface area contributed by atoms with Crippen molar-refractivity contribution < 1.29 is 9.13 Å². The van der Waals surface area contributed by atoms with Gasteiger partial charge in [0.25, 0.3) is 0 Å². The zero-order chi connectivity index (χ0) is 11.4. The third kappa shape index (κ3) is 3.46. The maximum absolute atomic E-state index is 12.1. The molecule has 1 fully saturated rings. The molecule has 88 valence electrons. The van der Waals surface area contributed by atoms with E-state index in [9.17, 15) is 4.39 Å². The summed E-state index contributed by atoms with van der Waals surface area (Å²) in [4.78, 5) is 0. The summed E-state index contributed by atoms with van der Waals surface area (Å²) in [7, 11) is 0. The number of halogens is 2. The highest BCUT2D eigenvalue weighted by atomic mass is 79.9. The number of alkyl halides is 1. The molecule has 0 amide bonds. The Hall–Kier alpha value is -0.610. The molecule has 0 unspecified atom stereocenters. The number of rotatable bonds is 6. The van der Waals surface area contributed by atoms with Gasteiger partial charge in [-0.05, 0) is 31.0 Å². The number of hydrogen-bond donors (Lipinski definition) is 1. The minimum absolute atomic E-state index is 0.123. The summed E-state index contributed by atoms with van der Waals surface area (Å²) in [6.07, 6.45) is 2.52. The van der Waals surface area contributed by atoms with E-state index in [0.717, 1.165) is 22.3 Å². The van der Waals surface area contributed by atoms with Crippen molar-refractivity contribution in [2.24, 2.45) is 0 Å². The van der Waals surface area contributed by atoms with E-state index in [-0.39, 0.29) is 6.61 Å². The molecule has 2 rings (SSSR count). The van der Waals surface area contributed by atoms with Crippen LogP contribution >= 0.6 is 15.9 Å².